The zero-order valence-electron chi connectivity index (χ0n) is 24.6. The molecule has 1 aliphatic rings. The lowest BCUT2D eigenvalue weighted by Gasteiger charge is -2.41. The minimum atomic E-state index is -2.89. The molecule has 3 atom stereocenters. The Hall–Kier alpha value is -2.86. The molecule has 0 radical (unpaired) electrons. The number of nitrogens with one attached hydrogen (secondary N) is 1. The van der Waals surface area contributed by atoms with Crippen LogP contribution in [0.1, 0.15) is 55.5 Å². The lowest BCUT2D eigenvalue weighted by Crippen LogP contribution is -2.51. The highest BCUT2D eigenvalue weighted by atomic mass is 19.3. The summed E-state index contributed by atoms with van der Waals surface area (Å²) in [6.45, 7) is 8.92. The van der Waals surface area contributed by atoms with E-state index in [1.54, 1.807) is 14.0 Å². The van der Waals surface area contributed by atoms with Crippen molar-refractivity contribution in [3.05, 3.63) is 70.0 Å². The van der Waals surface area contributed by atoms with Gasteiger partial charge in [0, 0.05) is 70.7 Å². The second-order valence-electron chi connectivity index (χ2n) is 10.5. The molecule has 1 fully saturated rings. The first-order valence-corrected chi connectivity index (χ1v) is 13.7. The number of aliphatic hydroxyl groups is 1. The van der Waals surface area contributed by atoms with E-state index in [1.807, 2.05) is 32.0 Å². The largest absolute Gasteiger partial charge is 0.392 e. The van der Waals surface area contributed by atoms with Crippen LogP contribution in [0.5, 0.6) is 0 Å². The van der Waals surface area contributed by atoms with E-state index in [0.29, 0.717) is 23.3 Å². The van der Waals surface area contributed by atoms with Crippen LogP contribution in [-0.4, -0.2) is 86.1 Å². The molecule has 2 unspecified atom stereocenters. The van der Waals surface area contributed by atoms with Crippen molar-refractivity contribution in [2.45, 2.75) is 52.2 Å². The van der Waals surface area contributed by atoms with E-state index in [2.05, 4.69) is 22.0 Å². The molecule has 1 aliphatic heterocycles. The van der Waals surface area contributed by atoms with E-state index in [-0.39, 0.29) is 18.0 Å². The molecule has 0 aliphatic carbocycles. The summed E-state index contributed by atoms with van der Waals surface area (Å²) >= 11 is 0. The third-order valence-electron chi connectivity index (χ3n) is 7.42. The SMILES string of the molecule is COC(C)OCC(C)N1CCN(/C(=C/c2c(CO)cc(F)cc2[C@@H](C)Nc2ccc(F)cc2C(F)F)N(C)C)CC1. The molecule has 3 rings (SSSR count). The molecule has 0 bridgehead atoms. The normalized spacial score (nSPS) is 17.1. The molecule has 11 heteroatoms. The molecule has 2 aromatic carbocycles. The zero-order valence-corrected chi connectivity index (χ0v) is 24.6. The Balaban J connectivity index is 1.89. The van der Waals surface area contributed by atoms with Gasteiger partial charge in [0.2, 0.25) is 0 Å². The van der Waals surface area contributed by atoms with Crippen LogP contribution in [0.4, 0.5) is 23.2 Å². The number of rotatable bonds is 13. The number of alkyl halides is 2. The number of ether oxygens (including phenoxy) is 2. The van der Waals surface area contributed by atoms with Crippen LogP contribution in [0.25, 0.3) is 6.08 Å². The summed E-state index contributed by atoms with van der Waals surface area (Å²) in [5, 5.41) is 13.1. The van der Waals surface area contributed by atoms with Crippen molar-refractivity contribution in [3.8, 4) is 0 Å². The summed E-state index contributed by atoms with van der Waals surface area (Å²) in [5.41, 5.74) is 1.03. The number of halogens is 4. The third kappa shape index (κ3) is 8.57. The number of anilines is 1. The van der Waals surface area contributed by atoms with Gasteiger partial charge in [-0.2, -0.15) is 0 Å². The van der Waals surface area contributed by atoms with Gasteiger partial charge >= 0.3 is 0 Å². The van der Waals surface area contributed by atoms with E-state index in [9.17, 15) is 22.7 Å². The number of hydrogen-bond donors (Lipinski definition) is 2. The van der Waals surface area contributed by atoms with E-state index in [1.165, 1.54) is 18.2 Å². The van der Waals surface area contributed by atoms with Gasteiger partial charge in [-0.3, -0.25) is 4.90 Å². The van der Waals surface area contributed by atoms with Crippen LogP contribution in [0, 0.1) is 11.6 Å². The maximum atomic E-state index is 14.7. The summed E-state index contributed by atoms with van der Waals surface area (Å²) < 4.78 is 66.5. The minimum absolute atomic E-state index is 0.0561. The van der Waals surface area contributed by atoms with E-state index >= 15 is 0 Å². The third-order valence-corrected chi connectivity index (χ3v) is 7.42. The van der Waals surface area contributed by atoms with Crippen molar-refractivity contribution >= 4 is 11.8 Å². The molecule has 228 valence electrons. The number of benzene rings is 2. The molecule has 2 N–H and O–H groups in total. The van der Waals surface area contributed by atoms with Crippen LogP contribution >= 0.6 is 0 Å². The molecule has 0 saturated carbocycles. The quantitative estimate of drug-likeness (QED) is 0.241. The minimum Gasteiger partial charge on any atom is -0.392 e. The summed E-state index contributed by atoms with van der Waals surface area (Å²) in [5.74, 6) is -0.453. The van der Waals surface area contributed by atoms with Gasteiger partial charge in [0.05, 0.1) is 13.2 Å². The van der Waals surface area contributed by atoms with Crippen molar-refractivity contribution in [2.75, 3.05) is 59.3 Å². The van der Waals surface area contributed by atoms with E-state index < -0.39 is 36.3 Å². The molecular weight excluding hydrogens is 540 g/mol. The summed E-state index contributed by atoms with van der Waals surface area (Å²) in [7, 11) is 5.44. The highest BCUT2D eigenvalue weighted by molar-refractivity contribution is 5.63. The average molecular weight is 583 g/mol. The van der Waals surface area contributed by atoms with Crippen molar-refractivity contribution < 1.29 is 32.1 Å². The average Bonchev–Trinajstić information content (AvgIpc) is 2.95. The predicted molar refractivity (Wildman–Crippen MR) is 152 cm³/mol. The van der Waals surface area contributed by atoms with Crippen LogP contribution in [-0.2, 0) is 16.1 Å². The monoisotopic (exact) mass is 582 g/mol. The molecular formula is C30H42F4N4O3. The fourth-order valence-corrected chi connectivity index (χ4v) is 4.99. The lowest BCUT2D eigenvalue weighted by atomic mass is 9.95. The van der Waals surface area contributed by atoms with Gasteiger partial charge in [-0.15, -0.1) is 0 Å². The smallest absolute Gasteiger partial charge is 0.265 e. The molecule has 0 amide bonds. The number of piperazine rings is 1. The Morgan fingerprint density at radius 3 is 2.27 bits per heavy atom. The molecule has 1 heterocycles. The molecule has 0 aromatic heterocycles. The first-order chi connectivity index (χ1) is 19.4. The Kier molecular flexibility index (Phi) is 11.8. The number of aliphatic hydroxyl groups excluding tert-OH is 1. The zero-order chi connectivity index (χ0) is 30.3. The van der Waals surface area contributed by atoms with Gasteiger partial charge in [-0.1, -0.05) is 0 Å². The van der Waals surface area contributed by atoms with Crippen LogP contribution in [0.2, 0.25) is 0 Å². The number of hydrogen-bond acceptors (Lipinski definition) is 7. The first-order valence-electron chi connectivity index (χ1n) is 13.7. The summed E-state index contributed by atoms with van der Waals surface area (Å²) in [6.07, 6.45) is -1.26. The fourth-order valence-electron chi connectivity index (χ4n) is 4.99. The Labute approximate surface area is 240 Å². The van der Waals surface area contributed by atoms with Crippen molar-refractivity contribution in [1.82, 2.24) is 14.7 Å². The number of methoxy groups -OCH3 is 1. The van der Waals surface area contributed by atoms with Gasteiger partial charge in [0.1, 0.15) is 17.5 Å². The summed E-state index contributed by atoms with van der Waals surface area (Å²) in [6, 6.07) is 5.33. The second kappa shape index (κ2) is 14.9. The van der Waals surface area contributed by atoms with E-state index in [0.717, 1.165) is 44.1 Å². The Bertz CT molecular complexity index is 1170. The Morgan fingerprint density at radius 2 is 1.68 bits per heavy atom. The topological polar surface area (TPSA) is 60.4 Å². The lowest BCUT2D eigenvalue weighted by molar-refractivity contribution is -0.123. The van der Waals surface area contributed by atoms with Gasteiger partial charge in [0.25, 0.3) is 6.43 Å². The van der Waals surface area contributed by atoms with Gasteiger partial charge in [0.15, 0.2) is 6.29 Å². The van der Waals surface area contributed by atoms with Gasteiger partial charge < -0.3 is 29.7 Å². The fraction of sp³-hybridized carbons (Fsp3) is 0.533. The van der Waals surface area contributed by atoms with Crippen LogP contribution in [0.15, 0.2) is 36.2 Å². The summed E-state index contributed by atoms with van der Waals surface area (Å²) in [4.78, 5) is 6.54. The first kappa shape index (κ1) is 32.7. The molecule has 0 spiro atoms. The van der Waals surface area contributed by atoms with Crippen LogP contribution in [0.3, 0.4) is 0 Å². The maximum absolute atomic E-state index is 14.7. The van der Waals surface area contributed by atoms with Gasteiger partial charge in [-0.05, 0) is 73.9 Å². The second-order valence-corrected chi connectivity index (χ2v) is 10.5. The molecule has 1 saturated heterocycles. The Morgan fingerprint density at radius 1 is 1.02 bits per heavy atom. The van der Waals surface area contributed by atoms with Crippen molar-refractivity contribution in [2.24, 2.45) is 0 Å². The van der Waals surface area contributed by atoms with Crippen molar-refractivity contribution in [1.29, 1.82) is 0 Å². The van der Waals surface area contributed by atoms with Gasteiger partial charge in [-0.25, -0.2) is 17.6 Å². The van der Waals surface area contributed by atoms with Crippen molar-refractivity contribution in [3.63, 3.8) is 0 Å². The number of nitrogens with zero attached hydrogens (tertiary/aromatic N) is 3. The predicted octanol–water partition coefficient (Wildman–Crippen LogP) is 5.44. The standard InChI is InChI=1S/C30H42F4N4O3/c1-19(18-41-21(3)40-6)37-9-11-38(12-10-37)29(36(4)5)16-26-22(17-39)13-24(32)15-25(26)20(2)35-28-8-7-23(31)14-27(28)30(33)34/h7-8,13-16,19-21,30,35,39H,9-12,17-18H2,1-6H3/b29-16+/t19?,20-,21?/m1/s1. The molecule has 41 heavy (non-hydrogen) atoms. The van der Waals surface area contributed by atoms with E-state index in [4.69, 9.17) is 9.47 Å². The highest BCUT2D eigenvalue weighted by Crippen LogP contribution is 2.33. The van der Waals surface area contributed by atoms with Crippen LogP contribution < -0.4 is 5.32 Å². The molecule has 2 aromatic rings. The highest BCUT2D eigenvalue weighted by Gasteiger charge is 2.25. The maximum Gasteiger partial charge on any atom is 0.265 e. The molecule has 7 nitrogen and oxygen atoms in total.